The molecule has 0 aromatic heterocycles. The van der Waals surface area contributed by atoms with Gasteiger partial charge >= 0.3 is 0 Å². The van der Waals surface area contributed by atoms with Crippen LogP contribution in [0.1, 0.15) is 54.9 Å². The van der Waals surface area contributed by atoms with Gasteiger partial charge in [-0.25, -0.2) is 0 Å². The highest BCUT2D eigenvalue weighted by molar-refractivity contribution is 5.94. The first-order valence-corrected chi connectivity index (χ1v) is 9.34. The number of amides is 1. The molecule has 1 N–H and O–H groups in total. The van der Waals surface area contributed by atoms with Gasteiger partial charge in [0.15, 0.2) is 0 Å². The molecule has 2 rings (SSSR count). The van der Waals surface area contributed by atoms with E-state index in [0.29, 0.717) is 12.2 Å². The Bertz CT molecular complexity index is 608. The predicted molar refractivity (Wildman–Crippen MR) is 103 cm³/mol. The van der Waals surface area contributed by atoms with Crippen LogP contribution in [0.5, 0.6) is 5.75 Å². The van der Waals surface area contributed by atoms with Crippen LogP contribution in [0.15, 0.2) is 54.6 Å². The zero-order valence-electron chi connectivity index (χ0n) is 15.2. The van der Waals surface area contributed by atoms with E-state index >= 15 is 0 Å². The number of unbranched alkanes of at least 4 members (excludes halogenated alkanes) is 4. The topological polar surface area (TPSA) is 38.3 Å². The Hall–Kier alpha value is -2.29. The largest absolute Gasteiger partial charge is 0.493 e. The second-order valence-corrected chi connectivity index (χ2v) is 6.28. The van der Waals surface area contributed by atoms with Gasteiger partial charge in [0, 0.05) is 18.5 Å². The Labute approximate surface area is 151 Å². The number of carbonyl (C=O) groups is 1. The van der Waals surface area contributed by atoms with Gasteiger partial charge in [0.05, 0.1) is 6.61 Å². The minimum absolute atomic E-state index is 0.00803. The van der Waals surface area contributed by atoms with Crippen LogP contribution >= 0.6 is 0 Å². The summed E-state index contributed by atoms with van der Waals surface area (Å²) in [6.45, 7) is 3.59. The van der Waals surface area contributed by atoms with Crippen molar-refractivity contribution in [3.05, 3.63) is 65.7 Å². The lowest BCUT2D eigenvalue weighted by molar-refractivity contribution is 0.0953. The van der Waals surface area contributed by atoms with Gasteiger partial charge in [-0.3, -0.25) is 4.79 Å². The summed E-state index contributed by atoms with van der Waals surface area (Å²) in [5, 5.41) is 2.98. The van der Waals surface area contributed by atoms with E-state index in [1.54, 1.807) is 0 Å². The molecule has 0 aliphatic heterocycles. The molecule has 0 saturated carbocycles. The van der Waals surface area contributed by atoms with E-state index in [4.69, 9.17) is 4.74 Å². The maximum Gasteiger partial charge on any atom is 0.251 e. The average molecular weight is 339 g/mol. The third kappa shape index (κ3) is 7.42. The molecule has 0 aliphatic rings. The molecule has 3 heteroatoms. The second kappa shape index (κ2) is 11.3. The van der Waals surface area contributed by atoms with Crippen LogP contribution in [0.4, 0.5) is 0 Å². The zero-order chi connectivity index (χ0) is 17.7. The fourth-order valence-corrected chi connectivity index (χ4v) is 2.67. The molecule has 0 heterocycles. The summed E-state index contributed by atoms with van der Waals surface area (Å²) in [5.74, 6) is 0.790. The van der Waals surface area contributed by atoms with Crippen LogP contribution in [0.25, 0.3) is 0 Å². The van der Waals surface area contributed by atoms with Crippen LogP contribution in [-0.2, 0) is 6.42 Å². The summed E-state index contributed by atoms with van der Waals surface area (Å²) in [5.41, 5.74) is 1.95. The first-order chi connectivity index (χ1) is 12.3. The molecule has 134 valence electrons. The SMILES string of the molecule is CCCCCCCNC(=O)c1ccc(OCCc2ccccc2)cc1. The number of ether oxygens (including phenoxy) is 1. The fraction of sp³-hybridized carbons (Fsp3) is 0.409. The van der Waals surface area contributed by atoms with Crippen molar-refractivity contribution in [3.63, 3.8) is 0 Å². The second-order valence-electron chi connectivity index (χ2n) is 6.28. The molecule has 2 aromatic rings. The number of nitrogens with one attached hydrogen (secondary N) is 1. The highest BCUT2D eigenvalue weighted by Crippen LogP contribution is 2.13. The molecule has 0 radical (unpaired) electrons. The van der Waals surface area contributed by atoms with E-state index < -0.39 is 0 Å². The average Bonchev–Trinajstić information content (AvgIpc) is 2.66. The summed E-state index contributed by atoms with van der Waals surface area (Å²) in [6, 6.07) is 17.6. The number of rotatable bonds is 11. The van der Waals surface area contributed by atoms with Gasteiger partial charge in [-0.05, 0) is 36.2 Å². The highest BCUT2D eigenvalue weighted by Gasteiger charge is 2.05. The van der Waals surface area contributed by atoms with E-state index in [-0.39, 0.29) is 5.91 Å². The van der Waals surface area contributed by atoms with Gasteiger partial charge in [-0.2, -0.15) is 0 Å². The number of hydrogen-bond donors (Lipinski definition) is 1. The molecule has 2 aromatic carbocycles. The van der Waals surface area contributed by atoms with Gasteiger partial charge in [0.2, 0.25) is 0 Å². The lowest BCUT2D eigenvalue weighted by Gasteiger charge is -2.08. The minimum Gasteiger partial charge on any atom is -0.493 e. The Balaban J connectivity index is 1.67. The number of hydrogen-bond acceptors (Lipinski definition) is 2. The zero-order valence-corrected chi connectivity index (χ0v) is 15.2. The van der Waals surface area contributed by atoms with Gasteiger partial charge in [-0.1, -0.05) is 62.9 Å². The van der Waals surface area contributed by atoms with Gasteiger partial charge in [-0.15, -0.1) is 0 Å². The Morgan fingerprint density at radius 1 is 0.920 bits per heavy atom. The molecule has 1 amide bonds. The third-order valence-corrected chi connectivity index (χ3v) is 4.18. The van der Waals surface area contributed by atoms with Crippen molar-refractivity contribution < 1.29 is 9.53 Å². The van der Waals surface area contributed by atoms with E-state index in [1.807, 2.05) is 42.5 Å². The quantitative estimate of drug-likeness (QED) is 0.585. The van der Waals surface area contributed by atoms with Crippen molar-refractivity contribution in [2.45, 2.75) is 45.4 Å². The standard InChI is InChI=1S/C22H29NO2/c1-2-3-4-5-9-17-23-22(24)20-12-14-21(15-13-20)25-18-16-19-10-7-6-8-11-19/h6-8,10-15H,2-5,9,16-18H2,1H3,(H,23,24). The summed E-state index contributed by atoms with van der Waals surface area (Å²) in [7, 11) is 0. The molecule has 0 aliphatic carbocycles. The molecule has 0 spiro atoms. The van der Waals surface area contributed by atoms with Crippen molar-refractivity contribution in [1.29, 1.82) is 0 Å². The van der Waals surface area contributed by atoms with E-state index in [2.05, 4.69) is 24.4 Å². The molecular weight excluding hydrogens is 310 g/mol. The monoisotopic (exact) mass is 339 g/mol. The first kappa shape index (κ1) is 19.0. The normalized spacial score (nSPS) is 10.4. The Kier molecular flexibility index (Phi) is 8.60. The highest BCUT2D eigenvalue weighted by atomic mass is 16.5. The molecule has 0 unspecified atom stereocenters. The Morgan fingerprint density at radius 3 is 2.36 bits per heavy atom. The van der Waals surface area contributed by atoms with Crippen molar-refractivity contribution in [3.8, 4) is 5.75 Å². The maximum atomic E-state index is 12.1. The van der Waals surface area contributed by atoms with E-state index in [0.717, 1.165) is 25.1 Å². The van der Waals surface area contributed by atoms with Crippen LogP contribution in [0.3, 0.4) is 0 Å². The number of benzene rings is 2. The van der Waals surface area contributed by atoms with Gasteiger partial charge in [0.25, 0.3) is 5.91 Å². The predicted octanol–water partition coefficient (Wildman–Crippen LogP) is 5.01. The van der Waals surface area contributed by atoms with Crippen molar-refractivity contribution in [2.24, 2.45) is 0 Å². The van der Waals surface area contributed by atoms with Gasteiger partial charge in [0.1, 0.15) is 5.75 Å². The van der Waals surface area contributed by atoms with E-state index in [9.17, 15) is 4.79 Å². The lowest BCUT2D eigenvalue weighted by atomic mass is 10.1. The van der Waals surface area contributed by atoms with Gasteiger partial charge < -0.3 is 10.1 Å². The Morgan fingerprint density at radius 2 is 1.64 bits per heavy atom. The molecule has 3 nitrogen and oxygen atoms in total. The number of carbonyl (C=O) groups excluding carboxylic acids is 1. The molecule has 0 saturated heterocycles. The van der Waals surface area contributed by atoms with Crippen LogP contribution in [0.2, 0.25) is 0 Å². The minimum atomic E-state index is -0.00803. The maximum absolute atomic E-state index is 12.1. The summed E-state index contributed by atoms with van der Waals surface area (Å²) in [4.78, 5) is 12.1. The van der Waals surface area contributed by atoms with Crippen molar-refractivity contribution >= 4 is 5.91 Å². The third-order valence-electron chi connectivity index (χ3n) is 4.18. The van der Waals surface area contributed by atoms with Crippen LogP contribution < -0.4 is 10.1 Å². The summed E-state index contributed by atoms with van der Waals surface area (Å²) in [6.07, 6.45) is 6.88. The first-order valence-electron chi connectivity index (χ1n) is 9.34. The molecular formula is C22H29NO2. The molecule has 0 atom stereocenters. The fourth-order valence-electron chi connectivity index (χ4n) is 2.67. The molecule has 0 fully saturated rings. The van der Waals surface area contributed by atoms with Crippen molar-refractivity contribution in [2.75, 3.05) is 13.2 Å². The van der Waals surface area contributed by atoms with E-state index in [1.165, 1.54) is 31.2 Å². The van der Waals surface area contributed by atoms with Crippen molar-refractivity contribution in [1.82, 2.24) is 5.32 Å². The van der Waals surface area contributed by atoms with Crippen LogP contribution in [-0.4, -0.2) is 19.1 Å². The molecule has 0 bridgehead atoms. The van der Waals surface area contributed by atoms with Crippen LogP contribution in [0, 0.1) is 0 Å². The summed E-state index contributed by atoms with van der Waals surface area (Å²) < 4.78 is 5.75. The smallest absolute Gasteiger partial charge is 0.251 e. The molecule has 25 heavy (non-hydrogen) atoms. The summed E-state index contributed by atoms with van der Waals surface area (Å²) >= 11 is 0. The lowest BCUT2D eigenvalue weighted by Crippen LogP contribution is -2.24.